The standard InChI is InChI=1S/C11H21NO2.C4H11N/c1-9-5-7-12(8-6-9)10(13)14-11(2,3)4;1-3-5-4-2/h9H,5-8H2,1-4H3;5H,3-4H2,1-2H3. The van der Waals surface area contributed by atoms with E-state index in [4.69, 9.17) is 4.74 Å². The third-order valence-corrected chi connectivity index (χ3v) is 2.94. The molecule has 1 saturated heterocycles. The summed E-state index contributed by atoms with van der Waals surface area (Å²) in [7, 11) is 0. The first-order valence-corrected chi connectivity index (χ1v) is 7.48. The SMILES string of the molecule is CC1CCN(C(=O)OC(C)(C)C)CC1.CCNCC. The van der Waals surface area contributed by atoms with Crippen molar-refractivity contribution in [3.63, 3.8) is 0 Å². The van der Waals surface area contributed by atoms with Crippen LogP contribution in [-0.4, -0.2) is 42.8 Å². The minimum absolute atomic E-state index is 0.163. The van der Waals surface area contributed by atoms with Crippen LogP contribution in [0.15, 0.2) is 0 Å². The Kier molecular flexibility index (Phi) is 8.81. The molecule has 0 saturated carbocycles. The number of ether oxygens (including phenoxy) is 1. The molecule has 0 aromatic carbocycles. The second kappa shape index (κ2) is 9.18. The van der Waals surface area contributed by atoms with Crippen molar-refractivity contribution in [1.82, 2.24) is 10.2 Å². The normalized spacial score (nSPS) is 16.6. The van der Waals surface area contributed by atoms with Crippen LogP contribution in [0.3, 0.4) is 0 Å². The molecule has 4 nitrogen and oxygen atoms in total. The topological polar surface area (TPSA) is 41.6 Å². The van der Waals surface area contributed by atoms with Crippen LogP contribution < -0.4 is 5.32 Å². The summed E-state index contributed by atoms with van der Waals surface area (Å²) in [6.07, 6.45) is 2.03. The number of carbonyl (C=O) groups is 1. The number of hydrogen-bond acceptors (Lipinski definition) is 3. The second-order valence-corrected chi connectivity index (χ2v) is 6.11. The van der Waals surface area contributed by atoms with Crippen molar-refractivity contribution < 1.29 is 9.53 Å². The summed E-state index contributed by atoms with van der Waals surface area (Å²) in [5, 5.41) is 3.11. The highest BCUT2D eigenvalue weighted by molar-refractivity contribution is 5.68. The van der Waals surface area contributed by atoms with Gasteiger partial charge in [-0.3, -0.25) is 0 Å². The predicted octanol–water partition coefficient (Wildman–Crippen LogP) is 3.27. The molecule has 1 amide bonds. The van der Waals surface area contributed by atoms with E-state index in [1.807, 2.05) is 25.7 Å². The molecule has 1 heterocycles. The number of rotatable bonds is 2. The zero-order valence-corrected chi connectivity index (χ0v) is 13.6. The van der Waals surface area contributed by atoms with Gasteiger partial charge in [-0.1, -0.05) is 20.8 Å². The summed E-state index contributed by atoms with van der Waals surface area (Å²) in [5.41, 5.74) is -0.375. The van der Waals surface area contributed by atoms with E-state index in [0.717, 1.165) is 44.9 Å². The Morgan fingerprint density at radius 2 is 1.68 bits per heavy atom. The fraction of sp³-hybridized carbons (Fsp3) is 0.933. The Morgan fingerprint density at radius 1 is 1.21 bits per heavy atom. The van der Waals surface area contributed by atoms with E-state index >= 15 is 0 Å². The van der Waals surface area contributed by atoms with Crippen LogP contribution in [-0.2, 0) is 4.74 Å². The van der Waals surface area contributed by atoms with Crippen molar-refractivity contribution in [1.29, 1.82) is 0 Å². The average Bonchev–Trinajstić information content (AvgIpc) is 2.29. The van der Waals surface area contributed by atoms with Crippen LogP contribution in [0.2, 0.25) is 0 Å². The number of amides is 1. The Labute approximate surface area is 118 Å². The number of carbonyl (C=O) groups excluding carboxylic acids is 1. The molecule has 0 aliphatic carbocycles. The van der Waals surface area contributed by atoms with Crippen LogP contribution in [0.5, 0.6) is 0 Å². The summed E-state index contributed by atoms with van der Waals surface area (Å²) in [6, 6.07) is 0. The van der Waals surface area contributed by atoms with Crippen LogP contribution in [0.25, 0.3) is 0 Å². The Morgan fingerprint density at radius 3 is 2.00 bits per heavy atom. The molecule has 1 rings (SSSR count). The molecule has 1 aliphatic heterocycles. The Bertz CT molecular complexity index is 239. The van der Waals surface area contributed by atoms with Gasteiger partial charge < -0.3 is 15.0 Å². The maximum Gasteiger partial charge on any atom is 0.410 e. The van der Waals surface area contributed by atoms with E-state index < -0.39 is 0 Å². The van der Waals surface area contributed by atoms with E-state index in [2.05, 4.69) is 26.1 Å². The van der Waals surface area contributed by atoms with Gasteiger partial charge in [0.1, 0.15) is 5.60 Å². The van der Waals surface area contributed by atoms with E-state index in [1.54, 1.807) is 0 Å². The number of piperidine rings is 1. The van der Waals surface area contributed by atoms with E-state index in [-0.39, 0.29) is 11.7 Å². The lowest BCUT2D eigenvalue weighted by Gasteiger charge is -2.32. The van der Waals surface area contributed by atoms with Crippen molar-refractivity contribution in [2.24, 2.45) is 5.92 Å². The quantitative estimate of drug-likeness (QED) is 0.839. The molecule has 1 N–H and O–H groups in total. The van der Waals surface area contributed by atoms with Crippen molar-refractivity contribution in [3.05, 3.63) is 0 Å². The van der Waals surface area contributed by atoms with Crippen molar-refractivity contribution in [2.75, 3.05) is 26.2 Å². The van der Waals surface area contributed by atoms with E-state index in [1.165, 1.54) is 0 Å². The number of likely N-dealkylation sites (tertiary alicyclic amines) is 1. The second-order valence-electron chi connectivity index (χ2n) is 6.11. The van der Waals surface area contributed by atoms with Gasteiger partial charge in [0.05, 0.1) is 0 Å². The summed E-state index contributed by atoms with van der Waals surface area (Å²) < 4.78 is 5.30. The Hall–Kier alpha value is -0.770. The molecule has 114 valence electrons. The first kappa shape index (κ1) is 18.2. The molecule has 4 heteroatoms. The molecular weight excluding hydrogens is 240 g/mol. The zero-order valence-electron chi connectivity index (χ0n) is 13.6. The van der Waals surface area contributed by atoms with Gasteiger partial charge in [-0.2, -0.15) is 0 Å². The highest BCUT2D eigenvalue weighted by atomic mass is 16.6. The van der Waals surface area contributed by atoms with E-state index in [0.29, 0.717) is 0 Å². The zero-order chi connectivity index (χ0) is 14.9. The number of nitrogens with zero attached hydrogens (tertiary/aromatic N) is 1. The van der Waals surface area contributed by atoms with Crippen molar-refractivity contribution in [2.45, 2.75) is 60.0 Å². The fourth-order valence-corrected chi connectivity index (χ4v) is 1.77. The number of hydrogen-bond donors (Lipinski definition) is 1. The molecule has 0 aromatic heterocycles. The van der Waals surface area contributed by atoms with Crippen LogP contribution in [0.1, 0.15) is 54.4 Å². The largest absolute Gasteiger partial charge is 0.444 e. The lowest BCUT2D eigenvalue weighted by molar-refractivity contribution is 0.0190. The molecule has 0 atom stereocenters. The van der Waals surface area contributed by atoms with Gasteiger partial charge in [0, 0.05) is 13.1 Å². The third kappa shape index (κ3) is 9.77. The molecule has 0 spiro atoms. The maximum atomic E-state index is 11.6. The highest BCUT2D eigenvalue weighted by Crippen LogP contribution is 2.18. The molecule has 1 fully saturated rings. The van der Waals surface area contributed by atoms with Gasteiger partial charge in [-0.05, 0) is 52.6 Å². The first-order valence-electron chi connectivity index (χ1n) is 7.48. The smallest absolute Gasteiger partial charge is 0.410 e. The molecule has 1 aliphatic rings. The van der Waals surface area contributed by atoms with Gasteiger partial charge in [0.2, 0.25) is 0 Å². The molecule has 0 unspecified atom stereocenters. The summed E-state index contributed by atoms with van der Waals surface area (Å²) in [5.74, 6) is 0.744. The molecule has 0 radical (unpaired) electrons. The summed E-state index contributed by atoms with van der Waals surface area (Å²) in [4.78, 5) is 13.4. The molecule has 0 bridgehead atoms. The van der Waals surface area contributed by atoms with Crippen molar-refractivity contribution in [3.8, 4) is 0 Å². The monoisotopic (exact) mass is 272 g/mol. The van der Waals surface area contributed by atoms with Crippen LogP contribution in [0.4, 0.5) is 4.79 Å². The van der Waals surface area contributed by atoms with E-state index in [9.17, 15) is 4.79 Å². The first-order chi connectivity index (χ1) is 8.80. The Balaban J connectivity index is 0.000000555. The molecule has 0 aromatic rings. The van der Waals surface area contributed by atoms with Crippen molar-refractivity contribution >= 4 is 6.09 Å². The predicted molar refractivity (Wildman–Crippen MR) is 80.4 cm³/mol. The highest BCUT2D eigenvalue weighted by Gasteiger charge is 2.24. The van der Waals surface area contributed by atoms with Gasteiger partial charge >= 0.3 is 6.09 Å². The lowest BCUT2D eigenvalue weighted by atomic mass is 10.00. The van der Waals surface area contributed by atoms with Gasteiger partial charge in [-0.25, -0.2) is 4.79 Å². The molecule has 19 heavy (non-hydrogen) atoms. The summed E-state index contributed by atoms with van der Waals surface area (Å²) in [6.45, 7) is 16.0. The third-order valence-electron chi connectivity index (χ3n) is 2.94. The van der Waals surface area contributed by atoms with Gasteiger partial charge in [0.15, 0.2) is 0 Å². The lowest BCUT2D eigenvalue weighted by Crippen LogP contribution is -2.41. The van der Waals surface area contributed by atoms with Gasteiger partial charge in [-0.15, -0.1) is 0 Å². The fourth-order valence-electron chi connectivity index (χ4n) is 1.77. The van der Waals surface area contributed by atoms with Crippen LogP contribution >= 0.6 is 0 Å². The minimum atomic E-state index is -0.375. The summed E-state index contributed by atoms with van der Waals surface area (Å²) >= 11 is 0. The molecular formula is C15H32N2O2. The average molecular weight is 272 g/mol. The minimum Gasteiger partial charge on any atom is -0.444 e. The van der Waals surface area contributed by atoms with Gasteiger partial charge in [0.25, 0.3) is 0 Å². The van der Waals surface area contributed by atoms with Crippen LogP contribution in [0, 0.1) is 5.92 Å². The number of nitrogens with one attached hydrogen (secondary N) is 1. The maximum absolute atomic E-state index is 11.6.